The first-order valence-corrected chi connectivity index (χ1v) is 10.4. The van der Waals surface area contributed by atoms with Crippen molar-refractivity contribution in [2.24, 2.45) is 4.99 Å². The van der Waals surface area contributed by atoms with Crippen molar-refractivity contribution in [3.63, 3.8) is 0 Å². The van der Waals surface area contributed by atoms with Crippen molar-refractivity contribution in [2.75, 3.05) is 20.6 Å². The van der Waals surface area contributed by atoms with Gasteiger partial charge in [0.05, 0.1) is 4.90 Å². The Kier molecular flexibility index (Phi) is 9.97. The van der Waals surface area contributed by atoms with Gasteiger partial charge in [-0.05, 0) is 43.7 Å². The molecule has 28 heavy (non-hydrogen) atoms. The topological polar surface area (TPSA) is 78.7 Å². The number of aromatic nitrogens is 1. The predicted octanol–water partition coefficient (Wildman–Crippen LogP) is 2.50. The van der Waals surface area contributed by atoms with Crippen molar-refractivity contribution in [2.45, 2.75) is 37.9 Å². The van der Waals surface area contributed by atoms with Gasteiger partial charge < -0.3 is 15.2 Å². The van der Waals surface area contributed by atoms with E-state index < -0.39 is 10.0 Å². The van der Waals surface area contributed by atoms with E-state index in [-0.39, 0.29) is 30.0 Å². The number of nitrogens with one attached hydrogen (secondary N) is 2. The van der Waals surface area contributed by atoms with Crippen LogP contribution in [-0.2, 0) is 23.1 Å². The van der Waals surface area contributed by atoms with Crippen LogP contribution in [0.3, 0.4) is 0 Å². The molecule has 0 spiro atoms. The summed E-state index contributed by atoms with van der Waals surface area (Å²) in [6, 6.07) is 10.8. The molecule has 0 saturated carbocycles. The molecular weight excluding hydrogens is 489 g/mol. The van der Waals surface area contributed by atoms with Crippen molar-refractivity contribution in [1.29, 1.82) is 0 Å². The third-order valence-electron chi connectivity index (χ3n) is 4.34. The van der Waals surface area contributed by atoms with Crippen molar-refractivity contribution in [3.05, 3.63) is 54.4 Å². The Labute approximate surface area is 185 Å². The maximum Gasteiger partial charge on any atom is 0.243 e. The molecule has 0 aliphatic heterocycles. The van der Waals surface area contributed by atoms with Gasteiger partial charge in [-0.25, -0.2) is 8.42 Å². The van der Waals surface area contributed by atoms with E-state index in [9.17, 15) is 8.42 Å². The van der Waals surface area contributed by atoms with Crippen LogP contribution in [-0.4, -0.2) is 49.9 Å². The zero-order valence-electron chi connectivity index (χ0n) is 16.8. The molecule has 0 aliphatic carbocycles. The standard InChI is InChI=1S/C19H29N5O2S.HI/c1-16(2)23(4)27(25,26)18-9-7-17(8-10-18)15-22-19(20-3)21-11-14-24-12-5-6-13-24;/h5-10,12-13,16H,11,14-15H2,1-4H3,(H2,20,21,22);1H. The third-order valence-corrected chi connectivity index (χ3v) is 6.39. The van der Waals surface area contributed by atoms with Crippen molar-refractivity contribution < 1.29 is 8.42 Å². The fourth-order valence-corrected chi connectivity index (χ4v) is 3.82. The molecule has 0 unspecified atom stereocenters. The molecule has 156 valence electrons. The number of halogens is 1. The van der Waals surface area contributed by atoms with E-state index >= 15 is 0 Å². The molecule has 0 saturated heterocycles. The summed E-state index contributed by atoms with van der Waals surface area (Å²) in [6.07, 6.45) is 4.04. The molecule has 9 heteroatoms. The average molecular weight is 519 g/mol. The number of guanidine groups is 1. The first-order chi connectivity index (χ1) is 12.8. The number of benzene rings is 1. The molecule has 2 N–H and O–H groups in total. The van der Waals surface area contributed by atoms with Crippen LogP contribution in [0.15, 0.2) is 58.7 Å². The van der Waals surface area contributed by atoms with Crippen LogP contribution >= 0.6 is 24.0 Å². The summed E-state index contributed by atoms with van der Waals surface area (Å²) in [5.41, 5.74) is 0.981. The van der Waals surface area contributed by atoms with Gasteiger partial charge in [-0.15, -0.1) is 24.0 Å². The highest BCUT2D eigenvalue weighted by atomic mass is 127. The fourth-order valence-electron chi connectivity index (χ4n) is 2.45. The zero-order valence-corrected chi connectivity index (χ0v) is 19.9. The highest BCUT2D eigenvalue weighted by molar-refractivity contribution is 14.0. The Hall–Kier alpha value is -1.59. The van der Waals surface area contributed by atoms with Gasteiger partial charge in [0.1, 0.15) is 0 Å². The van der Waals surface area contributed by atoms with Crippen LogP contribution in [0, 0.1) is 0 Å². The zero-order chi connectivity index (χ0) is 19.9. The predicted molar refractivity (Wildman–Crippen MR) is 125 cm³/mol. The molecule has 2 rings (SSSR count). The van der Waals surface area contributed by atoms with Gasteiger partial charge in [0.2, 0.25) is 10.0 Å². The summed E-state index contributed by atoms with van der Waals surface area (Å²) in [4.78, 5) is 4.51. The molecular formula is C19H30IN5O2S. The van der Waals surface area contributed by atoms with Crippen LogP contribution < -0.4 is 10.6 Å². The highest BCUT2D eigenvalue weighted by Gasteiger charge is 2.22. The van der Waals surface area contributed by atoms with Crippen LogP contribution in [0.1, 0.15) is 19.4 Å². The minimum Gasteiger partial charge on any atom is -0.355 e. The van der Waals surface area contributed by atoms with Crippen LogP contribution in [0.5, 0.6) is 0 Å². The molecule has 2 aromatic rings. The second kappa shape index (κ2) is 11.4. The summed E-state index contributed by atoms with van der Waals surface area (Å²) in [7, 11) is -0.129. The quantitative estimate of drug-likeness (QED) is 0.319. The van der Waals surface area contributed by atoms with Crippen LogP contribution in [0.2, 0.25) is 0 Å². The number of aliphatic imine (C=N–C) groups is 1. The maximum absolute atomic E-state index is 12.5. The van der Waals surface area contributed by atoms with E-state index in [1.54, 1.807) is 26.2 Å². The molecule has 7 nitrogen and oxygen atoms in total. The minimum atomic E-state index is -3.45. The third kappa shape index (κ3) is 6.78. The van der Waals surface area contributed by atoms with E-state index in [1.807, 2.05) is 50.5 Å². The number of hydrogen-bond donors (Lipinski definition) is 2. The molecule has 0 amide bonds. The number of hydrogen-bond acceptors (Lipinski definition) is 3. The van der Waals surface area contributed by atoms with Gasteiger partial charge in [0.15, 0.2) is 5.96 Å². The Morgan fingerprint density at radius 2 is 1.75 bits per heavy atom. The van der Waals surface area contributed by atoms with Gasteiger partial charge in [0, 0.05) is 52.2 Å². The summed E-state index contributed by atoms with van der Waals surface area (Å²) < 4.78 is 28.4. The molecule has 0 atom stereocenters. The molecule has 1 aromatic heterocycles. The lowest BCUT2D eigenvalue weighted by Crippen LogP contribution is -2.38. The normalized spacial score (nSPS) is 12.1. The van der Waals surface area contributed by atoms with Crippen molar-refractivity contribution >= 4 is 40.0 Å². The van der Waals surface area contributed by atoms with E-state index in [0.29, 0.717) is 17.4 Å². The average Bonchev–Trinajstić information content (AvgIpc) is 3.17. The number of sulfonamides is 1. The Morgan fingerprint density at radius 3 is 2.29 bits per heavy atom. The minimum absolute atomic E-state index is 0. The van der Waals surface area contributed by atoms with Crippen molar-refractivity contribution in [3.8, 4) is 0 Å². The Morgan fingerprint density at radius 1 is 1.14 bits per heavy atom. The van der Waals surface area contributed by atoms with Gasteiger partial charge in [-0.3, -0.25) is 4.99 Å². The molecule has 1 aromatic carbocycles. The van der Waals surface area contributed by atoms with Gasteiger partial charge in [0.25, 0.3) is 0 Å². The molecule has 0 aliphatic rings. The Balaban J connectivity index is 0.00000392. The lowest BCUT2D eigenvalue weighted by Gasteiger charge is -2.21. The largest absolute Gasteiger partial charge is 0.355 e. The van der Waals surface area contributed by atoms with Crippen LogP contribution in [0.4, 0.5) is 0 Å². The van der Waals surface area contributed by atoms with Gasteiger partial charge in [-0.2, -0.15) is 4.31 Å². The lowest BCUT2D eigenvalue weighted by atomic mass is 10.2. The first kappa shape index (κ1) is 24.4. The summed E-state index contributed by atoms with van der Waals surface area (Å²) in [6.45, 7) is 5.87. The van der Waals surface area contributed by atoms with E-state index in [0.717, 1.165) is 18.7 Å². The van der Waals surface area contributed by atoms with Crippen molar-refractivity contribution in [1.82, 2.24) is 19.5 Å². The second-order valence-corrected chi connectivity index (χ2v) is 8.53. The molecule has 0 bridgehead atoms. The lowest BCUT2D eigenvalue weighted by molar-refractivity contribution is 0.410. The summed E-state index contributed by atoms with van der Waals surface area (Å²) >= 11 is 0. The first-order valence-electron chi connectivity index (χ1n) is 8.97. The molecule has 0 radical (unpaired) electrons. The van der Waals surface area contributed by atoms with Gasteiger partial charge >= 0.3 is 0 Å². The molecule has 0 fully saturated rings. The summed E-state index contributed by atoms with van der Waals surface area (Å²) in [5, 5.41) is 6.49. The monoisotopic (exact) mass is 519 g/mol. The van der Waals surface area contributed by atoms with E-state index in [4.69, 9.17) is 0 Å². The number of rotatable bonds is 8. The maximum atomic E-state index is 12.5. The molecule has 1 heterocycles. The van der Waals surface area contributed by atoms with E-state index in [1.165, 1.54) is 4.31 Å². The summed E-state index contributed by atoms with van der Waals surface area (Å²) in [5.74, 6) is 0.707. The second-order valence-electron chi connectivity index (χ2n) is 6.53. The smallest absolute Gasteiger partial charge is 0.243 e. The van der Waals surface area contributed by atoms with E-state index in [2.05, 4.69) is 20.2 Å². The fraction of sp³-hybridized carbons (Fsp3) is 0.421. The van der Waals surface area contributed by atoms with Gasteiger partial charge in [-0.1, -0.05) is 12.1 Å². The Bertz CT molecular complexity index is 834. The SMILES string of the molecule is CN=C(NCCn1cccc1)NCc1ccc(S(=O)(=O)N(C)C(C)C)cc1.I. The number of nitrogens with zero attached hydrogens (tertiary/aromatic N) is 3. The van der Waals surface area contributed by atoms with Crippen LogP contribution in [0.25, 0.3) is 0 Å². The highest BCUT2D eigenvalue weighted by Crippen LogP contribution is 2.17.